The van der Waals surface area contributed by atoms with E-state index in [1.807, 2.05) is 17.8 Å². The van der Waals surface area contributed by atoms with Crippen LogP contribution in [0.25, 0.3) is 0 Å². The molecule has 0 aliphatic carbocycles. The summed E-state index contributed by atoms with van der Waals surface area (Å²) in [4.78, 5) is 4.89. The molecule has 0 unspecified atom stereocenters. The molecular formula is C19H21NS. The Kier molecular flexibility index (Phi) is 5.12. The van der Waals surface area contributed by atoms with E-state index in [4.69, 9.17) is 4.99 Å². The Morgan fingerprint density at radius 2 is 1.67 bits per heavy atom. The summed E-state index contributed by atoms with van der Waals surface area (Å²) in [5.41, 5.74) is 2.53. The largest absolute Gasteiger partial charge is 0.246 e. The van der Waals surface area contributed by atoms with Crippen molar-refractivity contribution < 1.29 is 0 Å². The van der Waals surface area contributed by atoms with Crippen molar-refractivity contribution in [3.63, 3.8) is 0 Å². The van der Waals surface area contributed by atoms with Crippen LogP contribution in [0.15, 0.2) is 65.7 Å². The molecular weight excluding hydrogens is 274 g/mol. The molecule has 2 heteroatoms. The third-order valence-electron chi connectivity index (χ3n) is 3.92. The van der Waals surface area contributed by atoms with Crippen LogP contribution in [0, 0.1) is 5.92 Å². The molecule has 1 saturated heterocycles. The van der Waals surface area contributed by atoms with Gasteiger partial charge in [-0.05, 0) is 49.1 Å². The minimum absolute atomic E-state index is 0.629. The molecule has 0 amide bonds. The summed E-state index contributed by atoms with van der Waals surface area (Å²) < 4.78 is 0. The van der Waals surface area contributed by atoms with Crippen molar-refractivity contribution in [3.05, 3.63) is 66.2 Å². The zero-order chi connectivity index (χ0) is 14.3. The van der Waals surface area contributed by atoms with Crippen LogP contribution in [0.1, 0.15) is 24.8 Å². The van der Waals surface area contributed by atoms with Gasteiger partial charge in [-0.25, -0.2) is 4.99 Å². The number of nitrogens with zero attached hydrogens (tertiary/aromatic N) is 1. The van der Waals surface area contributed by atoms with Gasteiger partial charge in [0.05, 0.1) is 10.7 Å². The van der Waals surface area contributed by atoms with E-state index in [-0.39, 0.29) is 0 Å². The van der Waals surface area contributed by atoms with Gasteiger partial charge in [0.2, 0.25) is 0 Å². The van der Waals surface area contributed by atoms with E-state index in [1.165, 1.54) is 35.6 Å². The van der Waals surface area contributed by atoms with Crippen molar-refractivity contribution >= 4 is 22.5 Å². The van der Waals surface area contributed by atoms with Crippen LogP contribution in [0.2, 0.25) is 0 Å². The van der Waals surface area contributed by atoms with E-state index in [0.29, 0.717) is 5.92 Å². The average Bonchev–Trinajstić information content (AvgIpc) is 2.56. The first-order chi connectivity index (χ1) is 10.4. The fraction of sp³-hybridized carbons (Fsp3) is 0.316. The fourth-order valence-electron chi connectivity index (χ4n) is 2.75. The molecule has 108 valence electrons. The third kappa shape index (κ3) is 4.21. The van der Waals surface area contributed by atoms with Crippen LogP contribution >= 0.6 is 11.8 Å². The zero-order valence-electron chi connectivity index (χ0n) is 12.2. The highest BCUT2D eigenvalue weighted by Crippen LogP contribution is 2.31. The number of aryl methyl sites for hydroxylation is 1. The highest BCUT2D eigenvalue weighted by atomic mass is 32.2. The van der Waals surface area contributed by atoms with Gasteiger partial charge in [0.25, 0.3) is 0 Å². The first kappa shape index (κ1) is 14.4. The number of hydrogen-bond donors (Lipinski definition) is 0. The molecule has 0 radical (unpaired) electrons. The summed E-state index contributed by atoms with van der Waals surface area (Å²) in [5, 5.41) is 1.34. The molecule has 1 heterocycles. The molecule has 2 aromatic rings. The molecule has 0 aromatic heterocycles. The Hall–Kier alpha value is -1.54. The molecule has 0 saturated carbocycles. The Morgan fingerprint density at radius 1 is 0.952 bits per heavy atom. The molecule has 1 fully saturated rings. The maximum absolute atomic E-state index is 4.89. The van der Waals surface area contributed by atoms with Crippen molar-refractivity contribution in [1.82, 2.24) is 0 Å². The number of para-hydroxylation sites is 1. The molecule has 3 rings (SSSR count). The Balaban J connectivity index is 1.68. The van der Waals surface area contributed by atoms with Crippen LogP contribution in [0.4, 0.5) is 5.69 Å². The van der Waals surface area contributed by atoms with Crippen molar-refractivity contribution in [2.75, 3.05) is 5.75 Å². The normalized spacial score (nSPS) is 20.6. The molecule has 21 heavy (non-hydrogen) atoms. The van der Waals surface area contributed by atoms with E-state index in [0.717, 1.165) is 12.1 Å². The predicted molar refractivity (Wildman–Crippen MR) is 93.5 cm³/mol. The zero-order valence-corrected chi connectivity index (χ0v) is 13.1. The van der Waals surface area contributed by atoms with Gasteiger partial charge >= 0.3 is 0 Å². The Labute approximate surface area is 131 Å². The summed E-state index contributed by atoms with van der Waals surface area (Å²) in [5.74, 6) is 1.84. The average molecular weight is 295 g/mol. The number of rotatable bonds is 4. The third-order valence-corrected chi connectivity index (χ3v) is 5.13. The van der Waals surface area contributed by atoms with Crippen LogP contribution in [0.5, 0.6) is 0 Å². The van der Waals surface area contributed by atoms with Gasteiger partial charge in [-0.2, -0.15) is 0 Å². The number of thioether (sulfide) groups is 1. The second-order valence-corrected chi connectivity index (χ2v) is 6.61. The van der Waals surface area contributed by atoms with Crippen molar-refractivity contribution in [2.24, 2.45) is 10.9 Å². The molecule has 0 N–H and O–H groups in total. The standard InChI is InChI=1S/C19H21NS/c1-3-8-16(9-4-1)13-14-17-10-7-15-21-19(17)20-18-11-5-2-6-12-18/h1-6,8-9,11-12,17H,7,10,13-15H2/t17-/m0/s1. The van der Waals surface area contributed by atoms with Gasteiger partial charge in [-0.3, -0.25) is 0 Å². The van der Waals surface area contributed by atoms with E-state index < -0.39 is 0 Å². The SMILES string of the molecule is c1ccc(CC[C@@H]2CCCSC2=Nc2ccccc2)cc1. The minimum atomic E-state index is 0.629. The van der Waals surface area contributed by atoms with Crippen LogP contribution in [-0.2, 0) is 6.42 Å². The Morgan fingerprint density at radius 3 is 2.43 bits per heavy atom. The summed E-state index contributed by atoms with van der Waals surface area (Å²) in [6.45, 7) is 0. The van der Waals surface area contributed by atoms with Crippen molar-refractivity contribution in [3.8, 4) is 0 Å². The lowest BCUT2D eigenvalue weighted by atomic mass is 9.95. The van der Waals surface area contributed by atoms with E-state index in [9.17, 15) is 0 Å². The Bertz CT molecular complexity index is 577. The maximum Gasteiger partial charge on any atom is 0.0769 e. The highest BCUT2D eigenvalue weighted by molar-refractivity contribution is 8.14. The number of aliphatic imine (C=N–C) groups is 1. The highest BCUT2D eigenvalue weighted by Gasteiger charge is 2.21. The lowest BCUT2D eigenvalue weighted by molar-refractivity contribution is 0.569. The van der Waals surface area contributed by atoms with Gasteiger partial charge in [-0.1, -0.05) is 48.5 Å². The summed E-state index contributed by atoms with van der Waals surface area (Å²) in [6.07, 6.45) is 4.96. The van der Waals surface area contributed by atoms with Crippen LogP contribution in [-0.4, -0.2) is 10.8 Å². The fourth-order valence-corrected chi connectivity index (χ4v) is 3.92. The van der Waals surface area contributed by atoms with Crippen LogP contribution < -0.4 is 0 Å². The monoisotopic (exact) mass is 295 g/mol. The molecule has 1 atom stereocenters. The van der Waals surface area contributed by atoms with Crippen LogP contribution in [0.3, 0.4) is 0 Å². The molecule has 1 nitrogen and oxygen atoms in total. The van der Waals surface area contributed by atoms with Gasteiger partial charge in [0.15, 0.2) is 0 Å². The molecule has 2 aromatic carbocycles. The lowest BCUT2D eigenvalue weighted by Gasteiger charge is -2.23. The van der Waals surface area contributed by atoms with Crippen molar-refractivity contribution in [1.29, 1.82) is 0 Å². The predicted octanol–water partition coefficient (Wildman–Crippen LogP) is 5.49. The second kappa shape index (κ2) is 7.46. The summed E-state index contributed by atoms with van der Waals surface area (Å²) in [6, 6.07) is 21.2. The van der Waals surface area contributed by atoms with Gasteiger partial charge in [0.1, 0.15) is 0 Å². The molecule has 0 bridgehead atoms. The van der Waals surface area contributed by atoms with E-state index in [1.54, 1.807) is 0 Å². The maximum atomic E-state index is 4.89. The molecule has 1 aliphatic rings. The first-order valence-corrected chi connectivity index (χ1v) is 8.71. The first-order valence-electron chi connectivity index (χ1n) is 7.72. The second-order valence-electron chi connectivity index (χ2n) is 5.50. The van der Waals surface area contributed by atoms with E-state index >= 15 is 0 Å². The number of hydrogen-bond acceptors (Lipinski definition) is 2. The minimum Gasteiger partial charge on any atom is -0.246 e. The summed E-state index contributed by atoms with van der Waals surface area (Å²) in [7, 11) is 0. The lowest BCUT2D eigenvalue weighted by Crippen LogP contribution is -2.17. The molecule has 1 aliphatic heterocycles. The van der Waals surface area contributed by atoms with E-state index in [2.05, 4.69) is 54.6 Å². The van der Waals surface area contributed by atoms with Gasteiger partial charge in [-0.15, -0.1) is 11.8 Å². The van der Waals surface area contributed by atoms with Crippen molar-refractivity contribution in [2.45, 2.75) is 25.7 Å². The topological polar surface area (TPSA) is 12.4 Å². The molecule has 0 spiro atoms. The quantitative estimate of drug-likeness (QED) is 0.726. The van der Waals surface area contributed by atoms with Gasteiger partial charge in [0, 0.05) is 5.92 Å². The number of benzene rings is 2. The summed E-state index contributed by atoms with van der Waals surface area (Å²) >= 11 is 1.95. The van der Waals surface area contributed by atoms with Gasteiger partial charge < -0.3 is 0 Å². The smallest absolute Gasteiger partial charge is 0.0769 e.